The molecule has 7 heteroatoms. The molecule has 1 fully saturated rings. The number of carbonyl (C=O) groups excluding carboxylic acids is 2. The zero-order chi connectivity index (χ0) is 19.4. The van der Waals surface area contributed by atoms with Gasteiger partial charge in [-0.2, -0.15) is 5.10 Å². The van der Waals surface area contributed by atoms with Crippen LogP contribution < -0.4 is 16.0 Å². The summed E-state index contributed by atoms with van der Waals surface area (Å²) in [5.74, 6) is -0.364. The molecule has 0 aliphatic carbocycles. The number of rotatable bonds is 5. The lowest BCUT2D eigenvalue weighted by Gasteiger charge is -2.22. The second-order valence-electron chi connectivity index (χ2n) is 7.29. The summed E-state index contributed by atoms with van der Waals surface area (Å²) >= 11 is 0. The molecule has 1 aromatic heterocycles. The Bertz CT molecular complexity index is 822. The van der Waals surface area contributed by atoms with Crippen molar-refractivity contribution in [1.82, 2.24) is 20.4 Å². The average Bonchev–Trinajstić information content (AvgIpc) is 3.12. The first-order valence-corrected chi connectivity index (χ1v) is 9.43. The maximum absolute atomic E-state index is 12.5. The van der Waals surface area contributed by atoms with Gasteiger partial charge in [0, 0.05) is 30.0 Å². The van der Waals surface area contributed by atoms with Crippen molar-refractivity contribution in [2.24, 2.45) is 0 Å². The molecule has 3 rings (SSSR count). The smallest absolute Gasteiger partial charge is 0.276 e. The van der Waals surface area contributed by atoms with Crippen LogP contribution >= 0.6 is 0 Å². The highest BCUT2D eigenvalue weighted by Crippen LogP contribution is 2.18. The van der Waals surface area contributed by atoms with E-state index in [2.05, 4.69) is 21.0 Å². The quantitative estimate of drug-likeness (QED) is 0.756. The fraction of sp³-hybridized carbons (Fsp3) is 0.450. The van der Waals surface area contributed by atoms with Crippen molar-refractivity contribution in [2.45, 2.75) is 45.7 Å². The maximum atomic E-state index is 12.5. The predicted molar refractivity (Wildman–Crippen MR) is 105 cm³/mol. The Labute approximate surface area is 159 Å². The van der Waals surface area contributed by atoms with Crippen molar-refractivity contribution in [3.05, 3.63) is 47.3 Å². The first-order valence-electron chi connectivity index (χ1n) is 9.43. The van der Waals surface area contributed by atoms with Crippen molar-refractivity contribution in [1.29, 1.82) is 0 Å². The maximum Gasteiger partial charge on any atom is 0.276 e. The molecule has 1 aliphatic heterocycles. The summed E-state index contributed by atoms with van der Waals surface area (Å²) in [5.41, 5.74) is 2.45. The predicted octanol–water partition coefficient (Wildman–Crippen LogP) is 2.51. The topological polar surface area (TPSA) is 88.1 Å². The fourth-order valence-electron chi connectivity index (χ4n) is 3.25. The highest BCUT2D eigenvalue weighted by atomic mass is 16.2. The summed E-state index contributed by atoms with van der Waals surface area (Å²) in [6.45, 7) is 7.61. The number of benzene rings is 1. The number of aromatic nitrogens is 2. The molecule has 27 heavy (non-hydrogen) atoms. The molecular formula is C20H27N5O2. The Kier molecular flexibility index (Phi) is 5.91. The van der Waals surface area contributed by atoms with Crippen LogP contribution in [0, 0.1) is 6.92 Å². The molecule has 3 N–H and O–H groups in total. The summed E-state index contributed by atoms with van der Waals surface area (Å²) in [6, 6.07) is 7.38. The second-order valence-corrected chi connectivity index (χ2v) is 7.29. The highest BCUT2D eigenvalue weighted by Gasteiger charge is 2.18. The van der Waals surface area contributed by atoms with Crippen molar-refractivity contribution in [2.75, 3.05) is 18.4 Å². The third kappa shape index (κ3) is 4.74. The van der Waals surface area contributed by atoms with E-state index in [4.69, 9.17) is 0 Å². The van der Waals surface area contributed by atoms with E-state index in [1.807, 2.05) is 31.6 Å². The molecule has 0 saturated carbocycles. The average molecular weight is 369 g/mol. The lowest BCUT2D eigenvalue weighted by atomic mass is 10.1. The Morgan fingerprint density at radius 1 is 1.26 bits per heavy atom. The highest BCUT2D eigenvalue weighted by molar-refractivity contribution is 6.03. The molecule has 0 radical (unpaired) electrons. The van der Waals surface area contributed by atoms with Crippen LogP contribution in [-0.4, -0.2) is 40.7 Å². The number of nitrogens with one attached hydrogen (secondary N) is 3. The standard InChI is InChI=1S/C20H27N5O2/c1-13(2)22-19(26)17-7-6-15(11-14(17)3)23-20(27)18-8-10-25(24-18)16-5-4-9-21-12-16/h6-8,10-11,13,16,21H,4-5,9,12H2,1-3H3,(H,22,26)(H,23,27). The van der Waals surface area contributed by atoms with Crippen LogP contribution in [0.4, 0.5) is 5.69 Å². The van der Waals surface area contributed by atoms with Gasteiger partial charge in [-0.15, -0.1) is 0 Å². The number of piperidine rings is 1. The van der Waals surface area contributed by atoms with Gasteiger partial charge in [0.1, 0.15) is 0 Å². The van der Waals surface area contributed by atoms with Gasteiger partial charge in [-0.3, -0.25) is 14.3 Å². The van der Waals surface area contributed by atoms with E-state index in [0.717, 1.165) is 31.5 Å². The Hall–Kier alpha value is -2.67. The number of anilines is 1. The Morgan fingerprint density at radius 3 is 2.74 bits per heavy atom. The van der Waals surface area contributed by atoms with Gasteiger partial charge < -0.3 is 16.0 Å². The molecule has 2 amide bonds. The van der Waals surface area contributed by atoms with Crippen LogP contribution in [0.5, 0.6) is 0 Å². The summed E-state index contributed by atoms with van der Waals surface area (Å²) in [7, 11) is 0. The summed E-state index contributed by atoms with van der Waals surface area (Å²) in [4.78, 5) is 24.7. The summed E-state index contributed by atoms with van der Waals surface area (Å²) in [6.07, 6.45) is 4.04. The largest absolute Gasteiger partial charge is 0.350 e. The fourth-order valence-corrected chi connectivity index (χ4v) is 3.25. The Morgan fingerprint density at radius 2 is 2.07 bits per heavy atom. The van der Waals surface area contributed by atoms with E-state index < -0.39 is 0 Å². The SMILES string of the molecule is Cc1cc(NC(=O)c2ccn(C3CCCNC3)n2)ccc1C(=O)NC(C)C. The van der Waals surface area contributed by atoms with Gasteiger partial charge in [-0.1, -0.05) is 0 Å². The molecule has 2 aromatic rings. The molecule has 144 valence electrons. The van der Waals surface area contributed by atoms with E-state index in [9.17, 15) is 9.59 Å². The normalized spacial score (nSPS) is 17.0. The van der Waals surface area contributed by atoms with Gasteiger partial charge in [-0.05, 0) is 70.0 Å². The zero-order valence-electron chi connectivity index (χ0n) is 16.1. The number of aryl methyl sites for hydroxylation is 1. The first kappa shape index (κ1) is 19.1. The van der Waals surface area contributed by atoms with Crippen LogP contribution in [0.3, 0.4) is 0 Å². The molecule has 1 saturated heterocycles. The number of hydrogen-bond donors (Lipinski definition) is 3. The molecule has 1 aliphatic rings. The van der Waals surface area contributed by atoms with Gasteiger partial charge in [0.25, 0.3) is 11.8 Å². The number of hydrogen-bond acceptors (Lipinski definition) is 4. The van der Waals surface area contributed by atoms with Gasteiger partial charge in [0.15, 0.2) is 5.69 Å². The zero-order valence-corrected chi connectivity index (χ0v) is 16.1. The van der Waals surface area contributed by atoms with Gasteiger partial charge >= 0.3 is 0 Å². The summed E-state index contributed by atoms with van der Waals surface area (Å²) in [5, 5.41) is 13.5. The van der Waals surface area contributed by atoms with Crippen LogP contribution in [-0.2, 0) is 0 Å². The van der Waals surface area contributed by atoms with E-state index in [0.29, 0.717) is 23.0 Å². The van der Waals surface area contributed by atoms with Gasteiger partial charge in [0.2, 0.25) is 0 Å². The third-order valence-corrected chi connectivity index (χ3v) is 4.63. The first-order chi connectivity index (χ1) is 12.9. The Balaban J connectivity index is 1.66. The molecule has 0 bridgehead atoms. The van der Waals surface area contributed by atoms with E-state index in [1.54, 1.807) is 24.3 Å². The van der Waals surface area contributed by atoms with E-state index in [-0.39, 0.29) is 17.9 Å². The number of carbonyl (C=O) groups is 2. The third-order valence-electron chi connectivity index (χ3n) is 4.63. The second kappa shape index (κ2) is 8.35. The van der Waals surface area contributed by atoms with Crippen LogP contribution in [0.25, 0.3) is 0 Å². The molecule has 1 atom stereocenters. The van der Waals surface area contributed by atoms with Crippen LogP contribution in [0.1, 0.15) is 59.1 Å². The minimum absolute atomic E-state index is 0.0748. The molecule has 2 heterocycles. The van der Waals surface area contributed by atoms with Crippen LogP contribution in [0.2, 0.25) is 0 Å². The van der Waals surface area contributed by atoms with Crippen molar-refractivity contribution >= 4 is 17.5 Å². The van der Waals surface area contributed by atoms with Gasteiger partial charge in [0.05, 0.1) is 6.04 Å². The lowest BCUT2D eigenvalue weighted by Crippen LogP contribution is -2.32. The number of amides is 2. The molecule has 7 nitrogen and oxygen atoms in total. The van der Waals surface area contributed by atoms with Crippen molar-refractivity contribution in [3.8, 4) is 0 Å². The van der Waals surface area contributed by atoms with Crippen LogP contribution in [0.15, 0.2) is 30.5 Å². The molecular weight excluding hydrogens is 342 g/mol. The van der Waals surface area contributed by atoms with Gasteiger partial charge in [-0.25, -0.2) is 0 Å². The lowest BCUT2D eigenvalue weighted by molar-refractivity contribution is 0.0942. The van der Waals surface area contributed by atoms with E-state index >= 15 is 0 Å². The number of nitrogens with zero attached hydrogens (tertiary/aromatic N) is 2. The molecule has 1 unspecified atom stereocenters. The van der Waals surface area contributed by atoms with E-state index in [1.165, 1.54) is 0 Å². The van der Waals surface area contributed by atoms with Crippen molar-refractivity contribution in [3.63, 3.8) is 0 Å². The molecule has 1 aromatic carbocycles. The minimum atomic E-state index is -0.253. The summed E-state index contributed by atoms with van der Waals surface area (Å²) < 4.78 is 1.87. The molecule has 0 spiro atoms. The minimum Gasteiger partial charge on any atom is -0.350 e. The van der Waals surface area contributed by atoms with Crippen molar-refractivity contribution < 1.29 is 9.59 Å². The monoisotopic (exact) mass is 369 g/mol.